The summed E-state index contributed by atoms with van der Waals surface area (Å²) in [6.45, 7) is 4.03. The standard InChI is InChI=1S/C15H16O/c1-11(13-6-4-3-5-7-13)10-14-8-9-15(16)12(14)2/h3-7,10H,8-9H2,1-2H3/b11-10-. The van der Waals surface area contributed by atoms with Crippen molar-refractivity contribution in [3.63, 3.8) is 0 Å². The molecule has 0 saturated carbocycles. The van der Waals surface area contributed by atoms with Crippen LogP contribution in [-0.4, -0.2) is 5.78 Å². The second-order valence-electron chi connectivity index (χ2n) is 4.27. The maximum absolute atomic E-state index is 11.4. The number of ketones is 1. The van der Waals surface area contributed by atoms with Crippen molar-refractivity contribution in [2.24, 2.45) is 0 Å². The maximum atomic E-state index is 11.4. The Kier molecular flexibility index (Phi) is 3.04. The zero-order valence-corrected chi connectivity index (χ0v) is 9.79. The normalized spacial score (nSPS) is 17.1. The van der Waals surface area contributed by atoms with Crippen molar-refractivity contribution in [3.05, 3.63) is 53.1 Å². The lowest BCUT2D eigenvalue weighted by Crippen LogP contribution is -1.90. The third-order valence-corrected chi connectivity index (χ3v) is 3.14. The van der Waals surface area contributed by atoms with Gasteiger partial charge < -0.3 is 0 Å². The Morgan fingerprint density at radius 2 is 1.88 bits per heavy atom. The molecule has 0 amide bonds. The highest BCUT2D eigenvalue weighted by atomic mass is 16.1. The van der Waals surface area contributed by atoms with Gasteiger partial charge in [-0.15, -0.1) is 0 Å². The molecule has 1 aromatic carbocycles. The summed E-state index contributed by atoms with van der Waals surface area (Å²) in [5.41, 5.74) is 4.59. The molecule has 0 bridgehead atoms. The smallest absolute Gasteiger partial charge is 0.159 e. The van der Waals surface area contributed by atoms with E-state index in [2.05, 4.69) is 25.1 Å². The van der Waals surface area contributed by atoms with Crippen LogP contribution in [0, 0.1) is 0 Å². The van der Waals surface area contributed by atoms with Crippen LogP contribution in [0.15, 0.2) is 47.6 Å². The fourth-order valence-electron chi connectivity index (χ4n) is 2.03. The van der Waals surface area contributed by atoms with E-state index in [0.29, 0.717) is 12.2 Å². The fourth-order valence-corrected chi connectivity index (χ4v) is 2.03. The number of carbonyl (C=O) groups is 1. The molecule has 0 atom stereocenters. The van der Waals surface area contributed by atoms with Gasteiger partial charge in [0.25, 0.3) is 0 Å². The van der Waals surface area contributed by atoms with Gasteiger partial charge >= 0.3 is 0 Å². The van der Waals surface area contributed by atoms with Crippen molar-refractivity contribution in [3.8, 4) is 0 Å². The Hall–Kier alpha value is -1.63. The number of allylic oxidation sites excluding steroid dienone is 4. The monoisotopic (exact) mass is 212 g/mol. The number of Topliss-reactive ketones (excluding diaryl/α,β-unsaturated/α-hetero) is 1. The number of hydrogen-bond acceptors (Lipinski definition) is 1. The Balaban J connectivity index is 2.29. The molecule has 0 aromatic heterocycles. The predicted molar refractivity (Wildman–Crippen MR) is 67.0 cm³/mol. The van der Waals surface area contributed by atoms with Gasteiger partial charge in [0.1, 0.15) is 0 Å². The summed E-state index contributed by atoms with van der Waals surface area (Å²) in [4.78, 5) is 11.4. The number of benzene rings is 1. The molecule has 1 heteroatoms. The zero-order valence-electron chi connectivity index (χ0n) is 9.79. The number of carbonyl (C=O) groups excluding carboxylic acids is 1. The van der Waals surface area contributed by atoms with E-state index in [4.69, 9.17) is 0 Å². The molecule has 0 N–H and O–H groups in total. The zero-order chi connectivity index (χ0) is 11.5. The summed E-state index contributed by atoms with van der Waals surface area (Å²) in [6, 6.07) is 10.3. The molecule has 0 aliphatic heterocycles. The average molecular weight is 212 g/mol. The second-order valence-corrected chi connectivity index (χ2v) is 4.27. The van der Waals surface area contributed by atoms with Crippen LogP contribution in [-0.2, 0) is 4.79 Å². The van der Waals surface area contributed by atoms with Crippen molar-refractivity contribution in [2.75, 3.05) is 0 Å². The molecule has 0 radical (unpaired) electrons. The molecule has 0 saturated heterocycles. The van der Waals surface area contributed by atoms with Gasteiger partial charge in [-0.2, -0.15) is 0 Å². The van der Waals surface area contributed by atoms with Crippen LogP contribution >= 0.6 is 0 Å². The average Bonchev–Trinajstić information content (AvgIpc) is 2.62. The summed E-state index contributed by atoms with van der Waals surface area (Å²) in [7, 11) is 0. The lowest BCUT2D eigenvalue weighted by Gasteiger charge is -2.02. The van der Waals surface area contributed by atoms with Crippen molar-refractivity contribution in [1.29, 1.82) is 0 Å². The Bertz CT molecular complexity index is 463. The summed E-state index contributed by atoms with van der Waals surface area (Å²) in [5, 5.41) is 0. The summed E-state index contributed by atoms with van der Waals surface area (Å²) < 4.78 is 0. The summed E-state index contributed by atoms with van der Waals surface area (Å²) in [6.07, 6.45) is 3.73. The molecule has 1 aromatic rings. The van der Waals surface area contributed by atoms with Gasteiger partial charge in [0.05, 0.1) is 0 Å². The summed E-state index contributed by atoms with van der Waals surface area (Å²) >= 11 is 0. The third-order valence-electron chi connectivity index (χ3n) is 3.14. The van der Waals surface area contributed by atoms with Crippen molar-refractivity contribution < 1.29 is 4.79 Å². The topological polar surface area (TPSA) is 17.1 Å². The minimum atomic E-state index is 0.298. The van der Waals surface area contributed by atoms with Gasteiger partial charge in [0.15, 0.2) is 5.78 Å². The molecule has 1 aliphatic carbocycles. The van der Waals surface area contributed by atoms with E-state index in [1.54, 1.807) is 0 Å². The van der Waals surface area contributed by atoms with E-state index >= 15 is 0 Å². The lowest BCUT2D eigenvalue weighted by atomic mass is 10.0. The van der Waals surface area contributed by atoms with Gasteiger partial charge in [0, 0.05) is 6.42 Å². The molecule has 1 aliphatic rings. The lowest BCUT2D eigenvalue weighted by molar-refractivity contribution is -0.114. The molecule has 16 heavy (non-hydrogen) atoms. The van der Waals surface area contributed by atoms with Gasteiger partial charge in [-0.05, 0) is 42.6 Å². The van der Waals surface area contributed by atoms with E-state index < -0.39 is 0 Å². The van der Waals surface area contributed by atoms with Gasteiger partial charge in [0.2, 0.25) is 0 Å². The molecule has 82 valence electrons. The Morgan fingerprint density at radius 1 is 1.19 bits per heavy atom. The third kappa shape index (κ3) is 2.13. The maximum Gasteiger partial charge on any atom is 0.159 e. The first-order valence-electron chi connectivity index (χ1n) is 5.65. The van der Waals surface area contributed by atoms with Crippen LogP contribution in [0.4, 0.5) is 0 Å². The van der Waals surface area contributed by atoms with Gasteiger partial charge in [-0.3, -0.25) is 4.79 Å². The Morgan fingerprint density at radius 3 is 2.44 bits per heavy atom. The minimum absolute atomic E-state index is 0.298. The summed E-state index contributed by atoms with van der Waals surface area (Å²) in [5.74, 6) is 0.298. The number of hydrogen-bond donors (Lipinski definition) is 0. The molecule has 0 fully saturated rings. The van der Waals surface area contributed by atoms with Crippen molar-refractivity contribution in [1.82, 2.24) is 0 Å². The van der Waals surface area contributed by atoms with E-state index in [1.807, 2.05) is 25.1 Å². The molecule has 0 spiro atoms. The van der Waals surface area contributed by atoms with Crippen LogP contribution in [0.3, 0.4) is 0 Å². The van der Waals surface area contributed by atoms with Gasteiger partial charge in [-0.25, -0.2) is 0 Å². The predicted octanol–water partition coefficient (Wildman–Crippen LogP) is 3.77. The first-order chi connectivity index (χ1) is 7.68. The molecule has 2 rings (SSSR count). The van der Waals surface area contributed by atoms with Crippen LogP contribution < -0.4 is 0 Å². The number of rotatable bonds is 2. The molecular weight excluding hydrogens is 196 g/mol. The molecule has 0 unspecified atom stereocenters. The highest BCUT2D eigenvalue weighted by molar-refractivity contribution is 5.99. The van der Waals surface area contributed by atoms with E-state index in [9.17, 15) is 4.79 Å². The van der Waals surface area contributed by atoms with Crippen LogP contribution in [0.25, 0.3) is 5.57 Å². The highest BCUT2D eigenvalue weighted by Gasteiger charge is 2.17. The van der Waals surface area contributed by atoms with Crippen molar-refractivity contribution in [2.45, 2.75) is 26.7 Å². The largest absolute Gasteiger partial charge is 0.295 e. The van der Waals surface area contributed by atoms with Crippen LogP contribution in [0.5, 0.6) is 0 Å². The Labute approximate surface area is 96.5 Å². The highest BCUT2D eigenvalue weighted by Crippen LogP contribution is 2.26. The SMILES string of the molecule is CC1=C(/C=C(/C)c2ccccc2)CCC1=O. The second kappa shape index (κ2) is 4.48. The first kappa shape index (κ1) is 10.9. The van der Waals surface area contributed by atoms with Gasteiger partial charge in [-0.1, -0.05) is 36.4 Å². The van der Waals surface area contributed by atoms with E-state index in [0.717, 1.165) is 12.0 Å². The van der Waals surface area contributed by atoms with E-state index in [1.165, 1.54) is 16.7 Å². The van der Waals surface area contributed by atoms with Crippen LogP contribution in [0.2, 0.25) is 0 Å². The molecule has 0 heterocycles. The van der Waals surface area contributed by atoms with E-state index in [-0.39, 0.29) is 0 Å². The quantitative estimate of drug-likeness (QED) is 0.729. The van der Waals surface area contributed by atoms with Crippen LogP contribution in [0.1, 0.15) is 32.3 Å². The molecule has 1 nitrogen and oxygen atoms in total. The fraction of sp³-hybridized carbons (Fsp3) is 0.267. The first-order valence-corrected chi connectivity index (χ1v) is 5.65. The molecular formula is C15H16O. The minimum Gasteiger partial charge on any atom is -0.295 e. The van der Waals surface area contributed by atoms with Crippen molar-refractivity contribution >= 4 is 11.4 Å².